The Morgan fingerprint density at radius 3 is 1.42 bits per heavy atom. The lowest BCUT2D eigenvalue weighted by molar-refractivity contribution is 0.631. The van der Waals surface area contributed by atoms with Gasteiger partial charge in [-0.05, 0) is 127 Å². The van der Waals surface area contributed by atoms with Crippen LogP contribution >= 0.6 is 0 Å². The van der Waals surface area contributed by atoms with Crippen LogP contribution in [0, 0.1) is 0 Å². The van der Waals surface area contributed by atoms with Crippen LogP contribution in [-0.4, -0.2) is 0 Å². The molecule has 59 heavy (non-hydrogen) atoms. The van der Waals surface area contributed by atoms with E-state index in [9.17, 15) is 0 Å². The van der Waals surface area contributed by atoms with E-state index in [0.717, 1.165) is 17.1 Å². The molecule has 2 aliphatic carbocycles. The summed E-state index contributed by atoms with van der Waals surface area (Å²) in [6, 6.07) is 68.0. The third-order valence-corrected chi connectivity index (χ3v) is 13.9. The molecule has 0 radical (unpaired) electrons. The fourth-order valence-corrected chi connectivity index (χ4v) is 10.7. The molecule has 0 N–H and O–H groups in total. The summed E-state index contributed by atoms with van der Waals surface area (Å²) in [5.74, 6) is 0. The van der Waals surface area contributed by atoms with Gasteiger partial charge >= 0.3 is 0 Å². The zero-order chi connectivity index (χ0) is 40.3. The van der Waals surface area contributed by atoms with E-state index >= 15 is 0 Å². The van der Waals surface area contributed by atoms with E-state index in [1.165, 1.54) is 83.8 Å². The van der Waals surface area contributed by atoms with Crippen LogP contribution in [0.5, 0.6) is 0 Å². The molecule has 1 aliphatic heterocycles. The Kier molecular flexibility index (Phi) is 7.63. The predicted octanol–water partition coefficient (Wildman–Crippen LogP) is 15.5. The van der Waals surface area contributed by atoms with Crippen molar-refractivity contribution in [3.05, 3.63) is 215 Å². The van der Waals surface area contributed by atoms with Crippen molar-refractivity contribution < 1.29 is 0 Å². The Bertz CT molecular complexity index is 2970. The van der Waals surface area contributed by atoms with Crippen LogP contribution in [0.25, 0.3) is 33.4 Å². The molecule has 0 spiro atoms. The normalized spacial score (nSPS) is 15.7. The quantitative estimate of drug-likeness (QED) is 0.172. The Morgan fingerprint density at radius 2 is 0.763 bits per heavy atom. The zero-order valence-corrected chi connectivity index (χ0v) is 34.7. The van der Waals surface area contributed by atoms with E-state index in [1.807, 2.05) is 0 Å². The third-order valence-electron chi connectivity index (χ3n) is 13.9. The Labute approximate surface area is 349 Å². The minimum atomic E-state index is -0.255. The molecule has 0 atom stereocenters. The molecular weight excluding hydrogens is 713 g/mol. The molecule has 0 saturated carbocycles. The standard InChI is InChI=1S/C57H48N2/c1-55(2)47-20-12-10-18-43(47)45-31-28-40(34-50(45)55)58(39-26-24-38(25-27-39)37-16-8-7-9-17-37)41-30-33-54-52(36-41)57(5,6)49-22-14-15-23-53(49)59(54)42-29-32-46-44-19-11-13-21-48(44)56(3,4)51(46)35-42/h7-36H,1-6H3. The van der Waals surface area contributed by atoms with Crippen molar-refractivity contribution in [3.63, 3.8) is 0 Å². The maximum atomic E-state index is 2.51. The summed E-state index contributed by atoms with van der Waals surface area (Å²) in [7, 11) is 0. The maximum absolute atomic E-state index is 2.51. The average molecular weight is 761 g/mol. The summed E-state index contributed by atoms with van der Waals surface area (Å²) in [6.07, 6.45) is 0. The number of nitrogens with zero attached hydrogens (tertiary/aromatic N) is 2. The van der Waals surface area contributed by atoms with E-state index in [2.05, 4.69) is 233 Å². The lowest BCUT2D eigenvalue weighted by Gasteiger charge is -2.43. The lowest BCUT2D eigenvalue weighted by atomic mass is 9.73. The van der Waals surface area contributed by atoms with Crippen molar-refractivity contribution in [2.75, 3.05) is 9.80 Å². The highest BCUT2D eigenvalue weighted by molar-refractivity contribution is 5.92. The highest BCUT2D eigenvalue weighted by Gasteiger charge is 2.40. The molecule has 2 nitrogen and oxygen atoms in total. The van der Waals surface area contributed by atoms with Gasteiger partial charge in [-0.3, -0.25) is 0 Å². The van der Waals surface area contributed by atoms with Crippen LogP contribution in [-0.2, 0) is 16.2 Å². The van der Waals surface area contributed by atoms with Crippen LogP contribution in [0.1, 0.15) is 74.9 Å². The molecule has 8 aromatic carbocycles. The molecule has 0 aromatic heterocycles. The first kappa shape index (κ1) is 35.5. The molecule has 0 fully saturated rings. The summed E-state index contributed by atoms with van der Waals surface area (Å²) < 4.78 is 0. The number of rotatable bonds is 5. The van der Waals surface area contributed by atoms with Gasteiger partial charge in [-0.15, -0.1) is 0 Å². The predicted molar refractivity (Wildman–Crippen MR) is 248 cm³/mol. The molecule has 2 heteroatoms. The number of benzene rings is 8. The van der Waals surface area contributed by atoms with Crippen LogP contribution in [0.2, 0.25) is 0 Å². The summed E-state index contributed by atoms with van der Waals surface area (Å²) in [5, 5.41) is 0. The van der Waals surface area contributed by atoms with Crippen molar-refractivity contribution in [1.29, 1.82) is 0 Å². The smallest absolute Gasteiger partial charge is 0.0504 e. The first-order chi connectivity index (χ1) is 28.5. The van der Waals surface area contributed by atoms with Gasteiger partial charge in [0.15, 0.2) is 0 Å². The lowest BCUT2D eigenvalue weighted by Crippen LogP contribution is -2.31. The van der Waals surface area contributed by atoms with Crippen LogP contribution in [0.3, 0.4) is 0 Å². The van der Waals surface area contributed by atoms with Crippen molar-refractivity contribution in [2.24, 2.45) is 0 Å². The molecule has 0 amide bonds. The average Bonchev–Trinajstić information content (AvgIpc) is 3.63. The minimum Gasteiger partial charge on any atom is -0.310 e. The summed E-state index contributed by atoms with van der Waals surface area (Å²) in [4.78, 5) is 4.97. The first-order valence-electron chi connectivity index (χ1n) is 21.0. The number of para-hydroxylation sites is 1. The Balaban J connectivity index is 1.09. The SMILES string of the molecule is CC1(C)c2ccccc2-c2ccc(N(c3ccc(-c4ccccc4)cc3)c3ccc4c(c3)C(C)(C)c3ccccc3N4c3ccc4c(c3)C(C)(C)c3ccccc3-4)cc21. The van der Waals surface area contributed by atoms with Gasteiger partial charge in [0.05, 0.1) is 11.4 Å². The monoisotopic (exact) mass is 760 g/mol. The number of hydrogen-bond acceptors (Lipinski definition) is 2. The van der Waals surface area contributed by atoms with Crippen LogP contribution in [0.15, 0.2) is 182 Å². The second kappa shape index (κ2) is 12.7. The van der Waals surface area contributed by atoms with Gasteiger partial charge in [0.2, 0.25) is 0 Å². The molecule has 0 saturated heterocycles. The van der Waals surface area contributed by atoms with Gasteiger partial charge in [-0.25, -0.2) is 0 Å². The fraction of sp³-hybridized carbons (Fsp3) is 0.158. The summed E-state index contributed by atoms with van der Waals surface area (Å²) >= 11 is 0. The van der Waals surface area contributed by atoms with Gasteiger partial charge in [0.1, 0.15) is 0 Å². The van der Waals surface area contributed by atoms with Gasteiger partial charge < -0.3 is 9.80 Å². The number of fused-ring (bicyclic) bond motifs is 8. The minimum absolute atomic E-state index is 0.0917. The topological polar surface area (TPSA) is 6.48 Å². The van der Waals surface area contributed by atoms with Gasteiger partial charge in [-0.2, -0.15) is 0 Å². The Hall–Kier alpha value is -6.64. The summed E-state index contributed by atoms with van der Waals surface area (Å²) in [5.41, 5.74) is 22.5. The summed E-state index contributed by atoms with van der Waals surface area (Å²) in [6.45, 7) is 14.3. The van der Waals surface area contributed by atoms with Gasteiger partial charge in [-0.1, -0.05) is 163 Å². The largest absolute Gasteiger partial charge is 0.310 e. The number of anilines is 6. The van der Waals surface area contributed by atoms with Gasteiger partial charge in [0, 0.05) is 39.0 Å². The van der Waals surface area contributed by atoms with Crippen molar-refractivity contribution in [2.45, 2.75) is 57.8 Å². The van der Waals surface area contributed by atoms with E-state index in [-0.39, 0.29) is 16.2 Å². The second-order valence-electron chi connectivity index (χ2n) is 18.2. The van der Waals surface area contributed by atoms with Crippen molar-refractivity contribution in [3.8, 4) is 33.4 Å². The molecule has 1 heterocycles. The molecular formula is C57H48N2. The first-order valence-corrected chi connectivity index (χ1v) is 21.0. The van der Waals surface area contributed by atoms with E-state index in [0.29, 0.717) is 0 Å². The highest BCUT2D eigenvalue weighted by Crippen LogP contribution is 2.56. The molecule has 0 bridgehead atoms. The van der Waals surface area contributed by atoms with E-state index in [1.54, 1.807) is 0 Å². The fourth-order valence-electron chi connectivity index (χ4n) is 10.7. The molecule has 8 aromatic rings. The van der Waals surface area contributed by atoms with E-state index < -0.39 is 0 Å². The molecule has 11 rings (SSSR count). The maximum Gasteiger partial charge on any atom is 0.0504 e. The third kappa shape index (κ3) is 5.18. The van der Waals surface area contributed by atoms with E-state index in [4.69, 9.17) is 0 Å². The Morgan fingerprint density at radius 1 is 0.322 bits per heavy atom. The number of hydrogen-bond donors (Lipinski definition) is 0. The van der Waals surface area contributed by atoms with Crippen LogP contribution in [0.4, 0.5) is 34.1 Å². The van der Waals surface area contributed by atoms with Crippen LogP contribution < -0.4 is 9.80 Å². The molecule has 286 valence electrons. The second-order valence-corrected chi connectivity index (χ2v) is 18.2. The van der Waals surface area contributed by atoms with Gasteiger partial charge in [0.25, 0.3) is 0 Å². The van der Waals surface area contributed by atoms with Crippen molar-refractivity contribution >= 4 is 34.1 Å². The highest BCUT2D eigenvalue weighted by atomic mass is 15.2. The zero-order valence-electron chi connectivity index (χ0n) is 34.7. The molecule has 0 unspecified atom stereocenters. The van der Waals surface area contributed by atoms with Crippen molar-refractivity contribution in [1.82, 2.24) is 0 Å². The molecule has 3 aliphatic rings.